The van der Waals surface area contributed by atoms with Gasteiger partial charge in [0.15, 0.2) is 0 Å². The van der Waals surface area contributed by atoms with Gasteiger partial charge in [0.05, 0.1) is 0 Å². The van der Waals surface area contributed by atoms with Crippen molar-refractivity contribution < 1.29 is 9.59 Å². The van der Waals surface area contributed by atoms with E-state index in [4.69, 9.17) is 17.3 Å². The molecule has 0 saturated carbocycles. The van der Waals surface area contributed by atoms with Crippen molar-refractivity contribution in [3.8, 4) is 0 Å². The standard InChI is InChI=1S/C11H14ClN3O2/c1-7(15-11(13)17)10(16)14-6-8-4-2-3-5-9(8)12/h2-5,7H,6H2,1H3,(H,14,16)(H3,13,15,17). The molecule has 0 aliphatic carbocycles. The SMILES string of the molecule is CC(NC(N)=O)C(=O)NCc1ccccc1Cl. The average Bonchev–Trinajstić information content (AvgIpc) is 2.26. The lowest BCUT2D eigenvalue weighted by molar-refractivity contribution is -0.122. The highest BCUT2D eigenvalue weighted by atomic mass is 35.5. The molecule has 1 rings (SSSR count). The monoisotopic (exact) mass is 255 g/mol. The van der Waals surface area contributed by atoms with Crippen LogP contribution in [0.25, 0.3) is 0 Å². The molecular weight excluding hydrogens is 242 g/mol. The maximum atomic E-state index is 11.5. The average molecular weight is 256 g/mol. The Morgan fingerprint density at radius 2 is 2.06 bits per heavy atom. The van der Waals surface area contributed by atoms with Gasteiger partial charge in [-0.15, -0.1) is 0 Å². The minimum Gasteiger partial charge on any atom is -0.352 e. The molecule has 1 aromatic carbocycles. The molecule has 0 spiro atoms. The van der Waals surface area contributed by atoms with Gasteiger partial charge in [0.25, 0.3) is 0 Å². The highest BCUT2D eigenvalue weighted by Crippen LogP contribution is 2.14. The zero-order chi connectivity index (χ0) is 12.8. The molecule has 0 aromatic heterocycles. The predicted molar refractivity (Wildman–Crippen MR) is 65.5 cm³/mol. The first-order valence-corrected chi connectivity index (χ1v) is 5.45. The Labute approximate surface area is 104 Å². The highest BCUT2D eigenvalue weighted by Gasteiger charge is 2.13. The van der Waals surface area contributed by atoms with Crippen LogP contribution in [0.5, 0.6) is 0 Å². The van der Waals surface area contributed by atoms with E-state index in [-0.39, 0.29) is 5.91 Å². The maximum Gasteiger partial charge on any atom is 0.312 e. The third-order valence-corrected chi connectivity index (χ3v) is 2.53. The molecule has 0 fully saturated rings. The normalized spacial score (nSPS) is 11.6. The van der Waals surface area contributed by atoms with Crippen LogP contribution in [0.3, 0.4) is 0 Å². The first kappa shape index (κ1) is 13.3. The molecular formula is C11H14ClN3O2. The number of halogens is 1. The number of nitrogens with two attached hydrogens (primary N) is 1. The van der Waals surface area contributed by atoms with E-state index in [1.807, 2.05) is 18.2 Å². The van der Waals surface area contributed by atoms with Gasteiger partial charge in [-0.1, -0.05) is 29.8 Å². The van der Waals surface area contributed by atoms with Gasteiger partial charge in [-0.25, -0.2) is 4.79 Å². The van der Waals surface area contributed by atoms with Crippen molar-refractivity contribution in [2.45, 2.75) is 19.5 Å². The molecule has 1 aromatic rings. The van der Waals surface area contributed by atoms with Gasteiger partial charge in [-0.2, -0.15) is 0 Å². The van der Waals surface area contributed by atoms with Gasteiger partial charge in [0.2, 0.25) is 5.91 Å². The van der Waals surface area contributed by atoms with Crippen molar-refractivity contribution in [3.05, 3.63) is 34.9 Å². The molecule has 17 heavy (non-hydrogen) atoms. The quantitative estimate of drug-likeness (QED) is 0.750. The molecule has 1 unspecified atom stereocenters. The number of primary amides is 1. The van der Waals surface area contributed by atoms with Crippen LogP contribution in [0.15, 0.2) is 24.3 Å². The Kier molecular flexibility index (Phi) is 4.78. The number of urea groups is 1. The summed E-state index contributed by atoms with van der Waals surface area (Å²) in [6, 6.07) is 5.80. The number of hydrogen-bond acceptors (Lipinski definition) is 2. The summed E-state index contributed by atoms with van der Waals surface area (Å²) in [5.74, 6) is -0.316. The van der Waals surface area contributed by atoms with E-state index in [0.717, 1.165) is 5.56 Å². The van der Waals surface area contributed by atoms with Crippen LogP contribution in [0, 0.1) is 0 Å². The van der Waals surface area contributed by atoms with Crippen molar-refractivity contribution in [1.82, 2.24) is 10.6 Å². The number of carbonyl (C=O) groups is 2. The summed E-state index contributed by atoms with van der Waals surface area (Å²) in [5, 5.41) is 5.52. The summed E-state index contributed by atoms with van der Waals surface area (Å²) in [4.78, 5) is 22.1. The molecule has 4 N–H and O–H groups in total. The number of hydrogen-bond donors (Lipinski definition) is 3. The molecule has 6 heteroatoms. The van der Waals surface area contributed by atoms with E-state index in [2.05, 4.69) is 10.6 Å². The first-order chi connectivity index (χ1) is 8.00. The third kappa shape index (κ3) is 4.32. The van der Waals surface area contributed by atoms with E-state index in [1.165, 1.54) is 0 Å². The molecule has 0 aliphatic rings. The summed E-state index contributed by atoms with van der Waals surface area (Å²) in [6.45, 7) is 1.86. The van der Waals surface area contributed by atoms with Crippen molar-refractivity contribution in [2.75, 3.05) is 0 Å². The van der Waals surface area contributed by atoms with Crippen molar-refractivity contribution >= 4 is 23.5 Å². The van der Waals surface area contributed by atoms with Crippen molar-refractivity contribution in [3.63, 3.8) is 0 Å². The maximum absolute atomic E-state index is 11.5. The fourth-order valence-corrected chi connectivity index (χ4v) is 1.46. The Balaban J connectivity index is 2.48. The lowest BCUT2D eigenvalue weighted by Gasteiger charge is -2.12. The second kappa shape index (κ2) is 6.10. The lowest BCUT2D eigenvalue weighted by Crippen LogP contribution is -2.46. The van der Waals surface area contributed by atoms with E-state index in [0.29, 0.717) is 11.6 Å². The highest BCUT2D eigenvalue weighted by molar-refractivity contribution is 6.31. The van der Waals surface area contributed by atoms with Gasteiger partial charge in [0, 0.05) is 11.6 Å². The Bertz CT molecular complexity index is 423. The van der Waals surface area contributed by atoms with Gasteiger partial charge >= 0.3 is 6.03 Å². The molecule has 0 aliphatic heterocycles. The molecule has 0 saturated heterocycles. The summed E-state index contributed by atoms with van der Waals surface area (Å²) in [7, 11) is 0. The fourth-order valence-electron chi connectivity index (χ4n) is 1.26. The number of carbonyl (C=O) groups excluding carboxylic acids is 2. The zero-order valence-corrected chi connectivity index (χ0v) is 10.1. The number of amides is 3. The van der Waals surface area contributed by atoms with E-state index < -0.39 is 12.1 Å². The minimum atomic E-state index is -0.731. The van der Waals surface area contributed by atoms with Crippen LogP contribution < -0.4 is 16.4 Å². The Hall–Kier alpha value is -1.75. The second-order valence-electron chi connectivity index (χ2n) is 3.54. The summed E-state index contributed by atoms with van der Waals surface area (Å²) >= 11 is 5.93. The van der Waals surface area contributed by atoms with Crippen LogP contribution in [-0.4, -0.2) is 18.0 Å². The van der Waals surface area contributed by atoms with E-state index >= 15 is 0 Å². The summed E-state index contributed by atoms with van der Waals surface area (Å²) in [6.07, 6.45) is 0. The summed E-state index contributed by atoms with van der Waals surface area (Å²) < 4.78 is 0. The van der Waals surface area contributed by atoms with Crippen LogP contribution in [-0.2, 0) is 11.3 Å². The van der Waals surface area contributed by atoms with Gasteiger partial charge < -0.3 is 16.4 Å². The second-order valence-corrected chi connectivity index (χ2v) is 3.95. The van der Waals surface area contributed by atoms with Crippen molar-refractivity contribution in [1.29, 1.82) is 0 Å². The molecule has 3 amide bonds. The molecule has 0 radical (unpaired) electrons. The number of nitrogens with one attached hydrogen (secondary N) is 2. The Morgan fingerprint density at radius 1 is 1.41 bits per heavy atom. The molecule has 0 heterocycles. The van der Waals surface area contributed by atoms with Gasteiger partial charge in [-0.3, -0.25) is 4.79 Å². The first-order valence-electron chi connectivity index (χ1n) is 5.08. The fraction of sp³-hybridized carbons (Fsp3) is 0.273. The number of benzene rings is 1. The van der Waals surface area contributed by atoms with E-state index in [1.54, 1.807) is 13.0 Å². The van der Waals surface area contributed by atoms with Gasteiger partial charge in [-0.05, 0) is 18.6 Å². The topological polar surface area (TPSA) is 84.2 Å². The lowest BCUT2D eigenvalue weighted by atomic mass is 10.2. The van der Waals surface area contributed by atoms with Gasteiger partial charge in [0.1, 0.15) is 6.04 Å². The predicted octanol–water partition coefficient (Wildman–Crippen LogP) is 1.01. The Morgan fingerprint density at radius 3 is 2.65 bits per heavy atom. The van der Waals surface area contributed by atoms with Crippen LogP contribution in [0.1, 0.15) is 12.5 Å². The van der Waals surface area contributed by atoms with Crippen molar-refractivity contribution in [2.24, 2.45) is 5.73 Å². The molecule has 0 bridgehead atoms. The largest absolute Gasteiger partial charge is 0.352 e. The minimum absolute atomic E-state index is 0.309. The van der Waals surface area contributed by atoms with Crippen LogP contribution in [0.2, 0.25) is 5.02 Å². The molecule has 92 valence electrons. The van der Waals surface area contributed by atoms with Crippen LogP contribution >= 0.6 is 11.6 Å². The number of rotatable bonds is 4. The summed E-state index contributed by atoms with van der Waals surface area (Å²) in [5.41, 5.74) is 5.73. The van der Waals surface area contributed by atoms with Crippen LogP contribution in [0.4, 0.5) is 4.79 Å². The van der Waals surface area contributed by atoms with E-state index in [9.17, 15) is 9.59 Å². The molecule has 1 atom stereocenters. The third-order valence-electron chi connectivity index (χ3n) is 2.16. The molecule has 5 nitrogen and oxygen atoms in total. The zero-order valence-electron chi connectivity index (χ0n) is 9.37. The smallest absolute Gasteiger partial charge is 0.312 e.